The zero-order valence-corrected chi connectivity index (χ0v) is 27.5. The monoisotopic (exact) mass is 591 g/mol. The van der Waals surface area contributed by atoms with Crippen molar-refractivity contribution in [3.63, 3.8) is 0 Å². The van der Waals surface area contributed by atoms with Gasteiger partial charge in [0.1, 0.15) is 22.6 Å². The van der Waals surface area contributed by atoms with Crippen LogP contribution < -0.4 is 14.3 Å². The molecule has 9 heteroatoms. The molecule has 0 bridgehead atoms. The maximum atomic E-state index is 14.6. The molecule has 3 rings (SSSR count). The Morgan fingerprint density at radius 1 is 1.12 bits per heavy atom. The Morgan fingerprint density at radius 3 is 2.39 bits per heavy atom. The first-order chi connectivity index (χ1) is 19.0. The van der Waals surface area contributed by atoms with Crippen molar-refractivity contribution in [1.29, 1.82) is 0 Å². The van der Waals surface area contributed by atoms with Crippen molar-refractivity contribution in [3.8, 4) is 11.5 Å². The number of unbranched alkanes of at least 4 members (excludes halogenated alkanes) is 2. The van der Waals surface area contributed by atoms with E-state index in [2.05, 4.69) is 44.9 Å². The van der Waals surface area contributed by atoms with Crippen molar-refractivity contribution in [2.24, 2.45) is 5.92 Å². The largest absolute Gasteiger partial charge is 0.487 e. The molecule has 1 aliphatic heterocycles. The molecule has 1 N–H and O–H groups in total. The molecule has 1 aromatic carbocycles. The summed E-state index contributed by atoms with van der Waals surface area (Å²) in [5.41, 5.74) is 0.0412. The molecule has 0 saturated carbocycles. The summed E-state index contributed by atoms with van der Waals surface area (Å²) in [5.74, 6) is 0.457. The first kappa shape index (κ1) is 33.2. The molecule has 1 aromatic rings. The number of aryl methyl sites for hydroxylation is 1. The first-order valence-electron chi connectivity index (χ1n) is 15.0. The Kier molecular flexibility index (Phi) is 10.5. The van der Waals surface area contributed by atoms with Crippen LogP contribution in [0.4, 0.5) is 4.79 Å². The Hall–Kier alpha value is -2.31. The molecule has 0 aromatic heterocycles. The van der Waals surface area contributed by atoms with Crippen molar-refractivity contribution in [1.82, 2.24) is 5.09 Å². The predicted octanol–water partition coefficient (Wildman–Crippen LogP) is 8.47. The quantitative estimate of drug-likeness (QED) is 0.112. The molecule has 0 amide bonds. The van der Waals surface area contributed by atoms with E-state index in [4.69, 9.17) is 18.7 Å². The lowest BCUT2D eigenvalue weighted by molar-refractivity contribution is -0.153. The number of rotatable bonds is 12. The van der Waals surface area contributed by atoms with Crippen LogP contribution in [0.15, 0.2) is 23.8 Å². The van der Waals surface area contributed by atoms with Crippen molar-refractivity contribution < 1.29 is 32.9 Å². The highest BCUT2D eigenvalue weighted by molar-refractivity contribution is 7.74. The van der Waals surface area contributed by atoms with Gasteiger partial charge in [0.25, 0.3) is 0 Å². The summed E-state index contributed by atoms with van der Waals surface area (Å²) in [5, 5.41) is 2.73. The maximum absolute atomic E-state index is 14.6. The van der Waals surface area contributed by atoms with E-state index in [0.717, 1.165) is 49.7 Å². The number of carbonyl (C=O) groups excluding carboxylic acids is 2. The van der Waals surface area contributed by atoms with E-state index in [-0.39, 0.29) is 11.8 Å². The Bertz CT molecular complexity index is 1200. The van der Waals surface area contributed by atoms with E-state index in [0.29, 0.717) is 11.5 Å². The maximum Gasteiger partial charge on any atom is 0.424 e. The van der Waals surface area contributed by atoms with Crippen LogP contribution in [-0.2, 0) is 25.3 Å². The van der Waals surface area contributed by atoms with E-state index in [9.17, 15) is 14.2 Å². The van der Waals surface area contributed by atoms with Gasteiger partial charge in [0.05, 0.1) is 12.2 Å². The number of benzene rings is 1. The highest BCUT2D eigenvalue weighted by atomic mass is 31.2. The zero-order chi connectivity index (χ0) is 30.8. The summed E-state index contributed by atoms with van der Waals surface area (Å²) in [6.07, 6.45) is 7.13. The van der Waals surface area contributed by atoms with Gasteiger partial charge in [-0.25, -0.2) is 14.4 Å². The second kappa shape index (κ2) is 12.9. The summed E-state index contributed by atoms with van der Waals surface area (Å²) < 4.78 is 38.3. The third-order valence-electron chi connectivity index (χ3n) is 7.66. The lowest BCUT2D eigenvalue weighted by Gasteiger charge is -2.47. The van der Waals surface area contributed by atoms with E-state index in [1.54, 1.807) is 27.7 Å². The van der Waals surface area contributed by atoms with Gasteiger partial charge in [-0.2, -0.15) is 0 Å². The normalized spacial score (nSPS) is 21.2. The van der Waals surface area contributed by atoms with Gasteiger partial charge in [0.15, 0.2) is 0 Å². The molecular formula is C32H50NO7P. The average Bonchev–Trinajstić information content (AvgIpc) is 2.82. The van der Waals surface area contributed by atoms with Crippen molar-refractivity contribution in [2.45, 2.75) is 137 Å². The second-order valence-electron chi connectivity index (χ2n) is 13.1. The third kappa shape index (κ3) is 7.95. The number of ether oxygens (including phenoxy) is 3. The van der Waals surface area contributed by atoms with Crippen molar-refractivity contribution >= 4 is 19.2 Å². The Balaban J connectivity index is 2.17. The number of hydrogen-bond acceptors (Lipinski definition) is 7. The van der Waals surface area contributed by atoms with E-state index < -0.39 is 42.5 Å². The SMILES string of the molecule is CCCCCc1cc2c(c(OP(=O)(NC(C)(C)C(=O)OC(C)C)C(=O)OC(C)C)c1)C1C=C(C)CCC1C(C)(C)O2. The van der Waals surface area contributed by atoms with E-state index in [1.807, 2.05) is 6.07 Å². The minimum absolute atomic E-state index is 0.0457. The molecule has 1 aliphatic carbocycles. The minimum Gasteiger partial charge on any atom is -0.487 e. The average molecular weight is 592 g/mol. The van der Waals surface area contributed by atoms with Crippen LogP contribution in [0.1, 0.15) is 118 Å². The van der Waals surface area contributed by atoms with Gasteiger partial charge in [-0.3, -0.25) is 4.79 Å². The molecule has 3 atom stereocenters. The van der Waals surface area contributed by atoms with Crippen LogP contribution in [0.5, 0.6) is 11.5 Å². The standard InChI is InChI=1S/C32H50NO7P/c1-11-12-13-14-23-18-26-28(24-17-22(6)15-16-25(24)32(9,10)39-26)27(19-23)40-41(36,30(35)38-21(4)5)33-31(7,8)29(34)37-20(2)3/h17-21,24-25H,11-16H2,1-10H3,(H,33,36). The van der Waals surface area contributed by atoms with Gasteiger partial charge in [-0.15, -0.1) is 0 Å². The molecule has 3 unspecified atom stereocenters. The highest BCUT2D eigenvalue weighted by Gasteiger charge is 2.49. The van der Waals surface area contributed by atoms with Gasteiger partial charge < -0.3 is 18.7 Å². The smallest absolute Gasteiger partial charge is 0.424 e. The number of allylic oxidation sites excluding steroid dienone is 2. The van der Waals surface area contributed by atoms with Crippen LogP contribution in [0.25, 0.3) is 0 Å². The van der Waals surface area contributed by atoms with Gasteiger partial charge in [0, 0.05) is 17.4 Å². The molecule has 2 aliphatic rings. The second-order valence-corrected chi connectivity index (χ2v) is 15.0. The van der Waals surface area contributed by atoms with Crippen LogP contribution >= 0.6 is 7.52 Å². The number of esters is 1. The molecule has 0 fully saturated rings. The van der Waals surface area contributed by atoms with Gasteiger partial charge in [0.2, 0.25) is 0 Å². The molecule has 8 nitrogen and oxygen atoms in total. The van der Waals surface area contributed by atoms with Gasteiger partial charge in [-0.05, 0) is 106 Å². The number of fused-ring (bicyclic) bond motifs is 3. The van der Waals surface area contributed by atoms with Gasteiger partial charge >= 0.3 is 19.2 Å². The lowest BCUT2D eigenvalue weighted by atomic mass is 9.68. The number of nitrogens with one attached hydrogen (secondary N) is 1. The number of hydrogen-bond donors (Lipinski definition) is 1. The first-order valence-corrected chi connectivity index (χ1v) is 16.7. The fourth-order valence-corrected chi connectivity index (χ4v) is 7.47. The molecule has 1 heterocycles. The summed E-state index contributed by atoms with van der Waals surface area (Å²) in [6, 6.07) is 3.93. The summed E-state index contributed by atoms with van der Waals surface area (Å²) in [4.78, 5) is 26.4. The third-order valence-corrected chi connectivity index (χ3v) is 9.56. The van der Waals surface area contributed by atoms with Crippen LogP contribution in [-0.4, -0.2) is 35.0 Å². The highest BCUT2D eigenvalue weighted by Crippen LogP contribution is 2.57. The molecule has 0 saturated heterocycles. The fraction of sp³-hybridized carbons (Fsp3) is 0.688. The van der Waals surface area contributed by atoms with Crippen molar-refractivity contribution in [3.05, 3.63) is 34.9 Å². The van der Waals surface area contributed by atoms with Crippen LogP contribution in [0.3, 0.4) is 0 Å². The predicted molar refractivity (Wildman–Crippen MR) is 162 cm³/mol. The molecule has 0 spiro atoms. The molecule has 230 valence electrons. The summed E-state index contributed by atoms with van der Waals surface area (Å²) in [7, 11) is -4.49. The molecule has 0 radical (unpaired) electrons. The minimum atomic E-state index is -4.49. The van der Waals surface area contributed by atoms with E-state index >= 15 is 0 Å². The Labute approximate surface area is 246 Å². The summed E-state index contributed by atoms with van der Waals surface area (Å²) >= 11 is 0. The number of carbonyl (C=O) groups is 2. The lowest BCUT2D eigenvalue weighted by Crippen LogP contribution is -2.48. The van der Waals surface area contributed by atoms with Gasteiger partial charge in [-0.1, -0.05) is 31.4 Å². The topological polar surface area (TPSA) is 100 Å². The molecular weight excluding hydrogens is 541 g/mol. The zero-order valence-electron chi connectivity index (χ0n) is 26.6. The van der Waals surface area contributed by atoms with E-state index in [1.165, 1.54) is 19.4 Å². The Morgan fingerprint density at radius 2 is 1.78 bits per heavy atom. The molecule has 41 heavy (non-hydrogen) atoms. The van der Waals surface area contributed by atoms with Crippen molar-refractivity contribution in [2.75, 3.05) is 0 Å². The van der Waals surface area contributed by atoms with Crippen LogP contribution in [0, 0.1) is 5.92 Å². The fourth-order valence-electron chi connectivity index (χ4n) is 5.65. The summed E-state index contributed by atoms with van der Waals surface area (Å²) in [6.45, 7) is 18.3. The van der Waals surface area contributed by atoms with Crippen LogP contribution in [0.2, 0.25) is 0 Å².